The number of fused-ring (bicyclic) bond motifs is 6. The van der Waals surface area contributed by atoms with Crippen LogP contribution in [0, 0.1) is 13.8 Å². The average molecular weight is 1610 g/mol. The molecule has 0 saturated heterocycles. The lowest BCUT2D eigenvalue weighted by molar-refractivity contribution is 1.18. The number of hydrogen-bond acceptors (Lipinski definition) is 2. The first kappa shape index (κ1) is 77.0. The molecule has 0 unspecified atom stereocenters. The Hall–Kier alpha value is -16.4. The number of aryl methyl sites for hydroxylation is 2. The van der Waals surface area contributed by atoms with Gasteiger partial charge in [-0.05, 0) is 283 Å². The van der Waals surface area contributed by atoms with Crippen molar-refractivity contribution in [2.45, 2.75) is 13.8 Å². The van der Waals surface area contributed by atoms with Crippen molar-refractivity contribution in [3.8, 4) is 123 Å². The lowest BCUT2D eigenvalue weighted by atomic mass is 9.98. The molecule has 0 aliphatic carbocycles. The first-order valence-electron chi connectivity index (χ1n) is 43.3. The Kier molecular flexibility index (Phi) is 20.9. The van der Waals surface area contributed by atoms with E-state index in [0.29, 0.717) is 0 Å². The van der Waals surface area contributed by atoms with Crippen molar-refractivity contribution in [2.24, 2.45) is 0 Å². The SMILES string of the molecule is Cc1ccc2c(c1)c1cc(C)ccc1n2-c1ccc(-c2cccc(N(c3ccc(-c4ccccc4)cc3)c3ccc(-c4cccc(-c5ccccc5)c4)cc3)c2)cc1.c1ccc(-c2ccc(N(c3ccc(-c4cccc(-c5ccccc5)c4)cc3)c3cccc(-c4ccc(-n5c6ccc(-c7ccccc7)cc6c6cc(-c7ccccc7)ccc65)cc4)c3)cc2)cc1. The third-order valence-corrected chi connectivity index (χ3v) is 24.5. The molecule has 4 nitrogen and oxygen atoms in total. The van der Waals surface area contributed by atoms with Gasteiger partial charge in [0.25, 0.3) is 0 Å². The maximum Gasteiger partial charge on any atom is 0.0541 e. The lowest BCUT2D eigenvalue weighted by Gasteiger charge is -2.26. The molecule has 2 aromatic heterocycles. The molecule has 0 aliphatic rings. The van der Waals surface area contributed by atoms with Crippen LogP contribution in [0.2, 0.25) is 0 Å². The Labute approximate surface area is 736 Å². The topological polar surface area (TPSA) is 16.3 Å². The summed E-state index contributed by atoms with van der Waals surface area (Å²) in [7, 11) is 0. The van der Waals surface area contributed by atoms with E-state index in [1.54, 1.807) is 0 Å². The molecule has 126 heavy (non-hydrogen) atoms. The van der Waals surface area contributed by atoms with Crippen LogP contribution in [-0.4, -0.2) is 9.13 Å². The second kappa shape index (κ2) is 34.3. The zero-order valence-corrected chi connectivity index (χ0v) is 70.1. The fourth-order valence-corrected chi connectivity index (χ4v) is 18.1. The quantitative estimate of drug-likeness (QED) is 0.0851. The molecule has 0 saturated carbocycles. The van der Waals surface area contributed by atoms with Gasteiger partial charge in [0, 0.05) is 67.0 Å². The maximum atomic E-state index is 2.41. The highest BCUT2D eigenvalue weighted by Gasteiger charge is 2.22. The summed E-state index contributed by atoms with van der Waals surface area (Å²) in [6.07, 6.45) is 0. The van der Waals surface area contributed by atoms with Crippen LogP contribution in [0.3, 0.4) is 0 Å². The highest BCUT2D eigenvalue weighted by Crippen LogP contribution is 2.45. The molecule has 596 valence electrons. The van der Waals surface area contributed by atoms with Crippen LogP contribution in [0.4, 0.5) is 34.1 Å². The van der Waals surface area contributed by atoms with E-state index in [2.05, 4.69) is 530 Å². The van der Waals surface area contributed by atoms with Gasteiger partial charge in [0.05, 0.1) is 22.1 Å². The highest BCUT2D eigenvalue weighted by molar-refractivity contribution is 6.12. The minimum Gasteiger partial charge on any atom is -0.310 e. The van der Waals surface area contributed by atoms with Crippen LogP contribution >= 0.6 is 0 Å². The standard InChI is InChI=1S/C66H46N2.C56H42N2/c1-5-15-47(16-6-1)51-27-35-59(36-28-51)67(60-37-29-52(30-38-60)55-24-13-23-54(43-55)48-17-7-2-8-18-48)62-26-14-25-56(44-62)53-31-39-61(40-32-53)68-65-41-33-57(49-19-9-3-10-20-49)45-63(65)64-46-58(34-42-66(64)68)50-21-11-4-12-22-50;1-39-19-33-55-53(35-39)54-36-40(2)20-34-56(54)58(55)51-31-25-45(26-32-51)48-17-10-18-52(38-48)57(49-27-21-43(22-28-49)41-11-5-3-6-12-41)50-29-23-44(24-30-50)47-16-9-15-46(37-47)42-13-7-4-8-14-42/h1-46H;3-38H,1-2H3. The molecular formula is C122H88N4. The first-order valence-corrected chi connectivity index (χ1v) is 43.3. The summed E-state index contributed by atoms with van der Waals surface area (Å²) < 4.78 is 4.81. The monoisotopic (exact) mass is 1610 g/mol. The Bertz CT molecular complexity index is 7460. The molecule has 0 atom stereocenters. The van der Waals surface area contributed by atoms with Crippen molar-refractivity contribution in [1.29, 1.82) is 0 Å². The second-order valence-corrected chi connectivity index (χ2v) is 32.6. The minimum atomic E-state index is 1.09. The molecule has 0 amide bonds. The number of anilines is 6. The molecular weight excluding hydrogens is 1520 g/mol. The lowest BCUT2D eigenvalue weighted by Crippen LogP contribution is -2.10. The number of hydrogen-bond donors (Lipinski definition) is 0. The molecule has 4 heteroatoms. The van der Waals surface area contributed by atoms with E-state index in [0.717, 1.165) is 62.2 Å². The molecule has 0 bridgehead atoms. The fraction of sp³-hybridized carbons (Fsp3) is 0.0164. The van der Waals surface area contributed by atoms with Gasteiger partial charge in [0.15, 0.2) is 0 Å². The van der Waals surface area contributed by atoms with Crippen LogP contribution in [0.5, 0.6) is 0 Å². The van der Waals surface area contributed by atoms with E-state index in [4.69, 9.17) is 0 Å². The largest absolute Gasteiger partial charge is 0.310 e. The van der Waals surface area contributed by atoms with E-state index >= 15 is 0 Å². The third kappa shape index (κ3) is 15.6. The molecule has 0 spiro atoms. The zero-order valence-electron chi connectivity index (χ0n) is 70.1. The van der Waals surface area contributed by atoms with Crippen LogP contribution < -0.4 is 9.80 Å². The van der Waals surface area contributed by atoms with Gasteiger partial charge < -0.3 is 18.9 Å². The van der Waals surface area contributed by atoms with Crippen LogP contribution in [-0.2, 0) is 0 Å². The molecule has 22 rings (SSSR count). The summed E-state index contributed by atoms with van der Waals surface area (Å²) in [4.78, 5) is 4.72. The summed E-state index contributed by atoms with van der Waals surface area (Å²) in [5, 5.41) is 5.06. The predicted molar refractivity (Wildman–Crippen MR) is 535 cm³/mol. The van der Waals surface area contributed by atoms with Crippen LogP contribution in [0.25, 0.3) is 166 Å². The second-order valence-electron chi connectivity index (χ2n) is 32.6. The predicted octanol–water partition coefficient (Wildman–Crippen LogP) is 33.8. The van der Waals surface area contributed by atoms with Crippen molar-refractivity contribution in [1.82, 2.24) is 9.13 Å². The Balaban J connectivity index is 0.000000156. The van der Waals surface area contributed by atoms with E-state index in [1.807, 2.05) is 0 Å². The molecule has 0 aliphatic heterocycles. The summed E-state index contributed by atoms with van der Waals surface area (Å²) in [5.74, 6) is 0. The maximum absolute atomic E-state index is 2.41. The molecule has 22 aromatic rings. The number of rotatable bonds is 18. The van der Waals surface area contributed by atoms with Gasteiger partial charge >= 0.3 is 0 Å². The van der Waals surface area contributed by atoms with Gasteiger partial charge in [-0.15, -0.1) is 0 Å². The van der Waals surface area contributed by atoms with Crippen molar-refractivity contribution >= 4 is 77.7 Å². The van der Waals surface area contributed by atoms with Crippen molar-refractivity contribution < 1.29 is 0 Å². The smallest absolute Gasteiger partial charge is 0.0541 e. The Morgan fingerprint density at radius 1 is 0.135 bits per heavy atom. The average Bonchev–Trinajstić information content (AvgIpc) is 1.59. The third-order valence-electron chi connectivity index (χ3n) is 24.5. The van der Waals surface area contributed by atoms with Gasteiger partial charge in [0.1, 0.15) is 0 Å². The summed E-state index contributed by atoms with van der Waals surface area (Å²) in [6, 6.07) is 180. The van der Waals surface area contributed by atoms with Crippen LogP contribution in [0.1, 0.15) is 11.1 Å². The van der Waals surface area contributed by atoms with E-state index in [-0.39, 0.29) is 0 Å². The molecule has 20 aromatic carbocycles. The normalized spacial score (nSPS) is 11.3. The summed E-state index contributed by atoms with van der Waals surface area (Å²) >= 11 is 0. The molecule has 0 N–H and O–H groups in total. The summed E-state index contributed by atoms with van der Waals surface area (Å²) in [5.41, 5.74) is 40.1. The Morgan fingerprint density at radius 2 is 0.325 bits per heavy atom. The first-order chi connectivity index (χ1) is 62.2. The molecule has 0 radical (unpaired) electrons. The van der Waals surface area contributed by atoms with Crippen LogP contribution in [0.15, 0.2) is 497 Å². The van der Waals surface area contributed by atoms with Gasteiger partial charge in [-0.25, -0.2) is 0 Å². The van der Waals surface area contributed by atoms with Gasteiger partial charge in [-0.1, -0.05) is 351 Å². The molecule has 2 heterocycles. The van der Waals surface area contributed by atoms with E-state index < -0.39 is 0 Å². The zero-order chi connectivity index (χ0) is 84.2. The number of aromatic nitrogens is 2. The fourth-order valence-electron chi connectivity index (χ4n) is 18.1. The van der Waals surface area contributed by atoms with Gasteiger partial charge in [-0.3, -0.25) is 0 Å². The highest BCUT2D eigenvalue weighted by atomic mass is 15.1. The molecule has 0 fully saturated rings. The number of benzene rings is 20. The minimum absolute atomic E-state index is 1.09. The summed E-state index contributed by atoms with van der Waals surface area (Å²) in [6.45, 7) is 4.34. The number of nitrogens with zero attached hydrogens (tertiary/aromatic N) is 4. The van der Waals surface area contributed by atoms with E-state index in [9.17, 15) is 0 Å². The van der Waals surface area contributed by atoms with E-state index in [1.165, 1.54) is 149 Å². The van der Waals surface area contributed by atoms with Crippen molar-refractivity contribution in [3.63, 3.8) is 0 Å². The van der Waals surface area contributed by atoms with Gasteiger partial charge in [0.2, 0.25) is 0 Å². The van der Waals surface area contributed by atoms with Crippen molar-refractivity contribution in [2.75, 3.05) is 9.80 Å². The Morgan fingerprint density at radius 3 is 0.603 bits per heavy atom. The van der Waals surface area contributed by atoms with Gasteiger partial charge in [-0.2, -0.15) is 0 Å². The van der Waals surface area contributed by atoms with Crippen molar-refractivity contribution in [3.05, 3.63) is 509 Å².